The van der Waals surface area contributed by atoms with Crippen LogP contribution in [0, 0.1) is 0 Å². The Morgan fingerprint density at radius 1 is 0.310 bits per heavy atom. The smallest absolute Gasteiger partial charge is 0.0713 e. The third-order valence-electron chi connectivity index (χ3n) is 12.1. The molecule has 0 aromatic heterocycles. The molecule has 0 saturated carbocycles. The average molecular weight is 738 g/mol. The summed E-state index contributed by atoms with van der Waals surface area (Å²) in [7, 11) is 0. The maximum atomic E-state index is 2.46. The first-order valence-corrected chi connectivity index (χ1v) is 20.1. The lowest BCUT2D eigenvalue weighted by Crippen LogP contribution is -2.28. The number of anilines is 3. The van der Waals surface area contributed by atoms with Crippen molar-refractivity contribution in [3.63, 3.8) is 0 Å². The molecule has 0 atom stereocenters. The maximum absolute atomic E-state index is 2.46. The van der Waals surface area contributed by atoms with E-state index in [1.165, 1.54) is 77.2 Å². The summed E-state index contributed by atoms with van der Waals surface area (Å²) in [6.45, 7) is 0. The third kappa shape index (κ3) is 5.32. The van der Waals surface area contributed by atoms with Crippen LogP contribution >= 0.6 is 0 Å². The molecule has 0 bridgehead atoms. The molecule has 1 aliphatic rings. The molecule has 0 fully saturated rings. The Balaban J connectivity index is 1.14. The molecule has 0 spiro atoms. The summed E-state index contributed by atoms with van der Waals surface area (Å²) in [5.74, 6) is 0. The van der Waals surface area contributed by atoms with Crippen molar-refractivity contribution >= 4 is 38.6 Å². The highest BCUT2D eigenvalue weighted by Gasteiger charge is 2.46. The van der Waals surface area contributed by atoms with Crippen LogP contribution in [0.25, 0.3) is 54.9 Å². The highest BCUT2D eigenvalue weighted by Crippen LogP contribution is 2.59. The van der Waals surface area contributed by atoms with E-state index in [0.717, 1.165) is 17.1 Å². The zero-order valence-corrected chi connectivity index (χ0v) is 32.0. The minimum Gasteiger partial charge on any atom is -0.309 e. The van der Waals surface area contributed by atoms with Crippen molar-refractivity contribution in [3.8, 4) is 33.4 Å². The monoisotopic (exact) mass is 737 g/mol. The van der Waals surface area contributed by atoms with Crippen LogP contribution in [0.2, 0.25) is 0 Å². The van der Waals surface area contributed by atoms with E-state index >= 15 is 0 Å². The van der Waals surface area contributed by atoms with Crippen molar-refractivity contribution in [2.45, 2.75) is 5.41 Å². The van der Waals surface area contributed by atoms with E-state index in [2.05, 4.69) is 241 Å². The summed E-state index contributed by atoms with van der Waals surface area (Å²) in [4.78, 5) is 2.46. The number of rotatable bonds is 7. The lowest BCUT2D eigenvalue weighted by molar-refractivity contribution is 0.768. The fourth-order valence-electron chi connectivity index (χ4n) is 9.60. The molecule has 0 heterocycles. The standard InChI is InChI=1S/C57H39N/c1-3-21-45(22-4-1)57(46-23-5-2-6-24-46)52-29-13-11-27-51(52)56-50(28-16-30-53(56)57)49-26-12-14-31-55(49)58(54-32-15-20-42-18-9-10-25-48(42)54)47-37-35-41(36-38-47)44-34-33-40-17-7-8-19-43(40)39-44/h1-39H. The van der Waals surface area contributed by atoms with E-state index in [-0.39, 0.29) is 0 Å². The van der Waals surface area contributed by atoms with Crippen LogP contribution in [0.5, 0.6) is 0 Å². The third-order valence-corrected chi connectivity index (χ3v) is 12.1. The Kier molecular flexibility index (Phi) is 8.12. The van der Waals surface area contributed by atoms with Gasteiger partial charge in [0.15, 0.2) is 0 Å². The molecule has 10 aromatic rings. The molecule has 0 N–H and O–H groups in total. The van der Waals surface area contributed by atoms with Gasteiger partial charge in [-0.2, -0.15) is 0 Å². The quantitative estimate of drug-likeness (QED) is 0.157. The molecule has 1 aliphatic carbocycles. The minimum atomic E-state index is -0.479. The number of benzene rings is 10. The van der Waals surface area contributed by atoms with E-state index in [1.54, 1.807) is 0 Å². The number of hydrogen-bond donors (Lipinski definition) is 0. The summed E-state index contributed by atoms with van der Waals surface area (Å²) >= 11 is 0. The molecule has 272 valence electrons. The van der Waals surface area contributed by atoms with Crippen LogP contribution in [0.3, 0.4) is 0 Å². The van der Waals surface area contributed by atoms with E-state index < -0.39 is 5.41 Å². The van der Waals surface area contributed by atoms with Crippen LogP contribution < -0.4 is 4.90 Å². The highest BCUT2D eigenvalue weighted by atomic mass is 15.1. The molecule has 1 heteroatoms. The Hall–Kier alpha value is -7.48. The zero-order valence-electron chi connectivity index (χ0n) is 32.0. The van der Waals surface area contributed by atoms with Gasteiger partial charge in [-0.3, -0.25) is 0 Å². The molecule has 0 amide bonds. The lowest BCUT2D eigenvalue weighted by Gasteiger charge is -2.34. The summed E-state index contributed by atoms with van der Waals surface area (Å²) < 4.78 is 0. The van der Waals surface area contributed by atoms with Gasteiger partial charge in [0.1, 0.15) is 0 Å². The zero-order chi connectivity index (χ0) is 38.5. The van der Waals surface area contributed by atoms with Gasteiger partial charge in [-0.15, -0.1) is 0 Å². The lowest BCUT2D eigenvalue weighted by atomic mass is 9.67. The second-order valence-electron chi connectivity index (χ2n) is 15.2. The normalized spacial score (nSPS) is 12.6. The second-order valence-corrected chi connectivity index (χ2v) is 15.2. The van der Waals surface area contributed by atoms with Crippen LogP contribution in [0.1, 0.15) is 22.3 Å². The van der Waals surface area contributed by atoms with Crippen LogP contribution in [0.15, 0.2) is 237 Å². The van der Waals surface area contributed by atoms with Gasteiger partial charge < -0.3 is 4.90 Å². The summed E-state index contributed by atoms with van der Waals surface area (Å²) in [5, 5.41) is 4.91. The van der Waals surface area contributed by atoms with Gasteiger partial charge in [-0.25, -0.2) is 0 Å². The summed E-state index contributed by atoms with van der Waals surface area (Å²) in [5.41, 5.74) is 15.4. The van der Waals surface area contributed by atoms with Crippen molar-refractivity contribution in [2.24, 2.45) is 0 Å². The Labute approximate surface area is 339 Å². The van der Waals surface area contributed by atoms with E-state index in [4.69, 9.17) is 0 Å². The fourth-order valence-corrected chi connectivity index (χ4v) is 9.60. The molecule has 11 rings (SSSR count). The van der Waals surface area contributed by atoms with Crippen molar-refractivity contribution in [3.05, 3.63) is 259 Å². The van der Waals surface area contributed by atoms with Crippen LogP contribution in [0.4, 0.5) is 17.1 Å². The summed E-state index contributed by atoms with van der Waals surface area (Å²) in [6, 6.07) is 86.8. The number of hydrogen-bond acceptors (Lipinski definition) is 1. The molecule has 58 heavy (non-hydrogen) atoms. The van der Waals surface area contributed by atoms with Crippen molar-refractivity contribution in [1.82, 2.24) is 0 Å². The molecule has 0 radical (unpaired) electrons. The predicted molar refractivity (Wildman–Crippen MR) is 244 cm³/mol. The van der Waals surface area contributed by atoms with Crippen molar-refractivity contribution < 1.29 is 0 Å². The largest absolute Gasteiger partial charge is 0.309 e. The van der Waals surface area contributed by atoms with Gasteiger partial charge in [0.05, 0.1) is 16.8 Å². The minimum absolute atomic E-state index is 0.479. The van der Waals surface area contributed by atoms with Gasteiger partial charge in [0.2, 0.25) is 0 Å². The first-order chi connectivity index (χ1) is 28.8. The molecular formula is C57H39N. The Morgan fingerprint density at radius 2 is 0.845 bits per heavy atom. The first-order valence-electron chi connectivity index (χ1n) is 20.1. The Morgan fingerprint density at radius 3 is 1.62 bits per heavy atom. The number of fused-ring (bicyclic) bond motifs is 5. The van der Waals surface area contributed by atoms with Crippen LogP contribution in [-0.2, 0) is 5.41 Å². The molecule has 0 unspecified atom stereocenters. The first kappa shape index (κ1) is 33.8. The molecule has 10 aromatic carbocycles. The number of para-hydroxylation sites is 1. The Bertz CT molecular complexity index is 3060. The highest BCUT2D eigenvalue weighted by molar-refractivity contribution is 6.04. The molecule has 0 saturated heterocycles. The van der Waals surface area contributed by atoms with E-state index in [1.807, 2.05) is 0 Å². The van der Waals surface area contributed by atoms with Gasteiger partial charge >= 0.3 is 0 Å². The van der Waals surface area contributed by atoms with E-state index in [9.17, 15) is 0 Å². The van der Waals surface area contributed by atoms with Crippen molar-refractivity contribution in [1.29, 1.82) is 0 Å². The predicted octanol–water partition coefficient (Wildman–Crippen LogP) is 15.2. The number of nitrogens with zero attached hydrogens (tertiary/aromatic N) is 1. The van der Waals surface area contributed by atoms with Gasteiger partial charge in [-0.1, -0.05) is 206 Å². The SMILES string of the molecule is c1ccc(C2(c3ccccc3)c3ccccc3-c3c(-c4ccccc4N(c4ccc(-c5ccc6ccccc6c5)cc4)c4cccc5ccccc45)cccc32)cc1. The summed E-state index contributed by atoms with van der Waals surface area (Å²) in [6.07, 6.45) is 0. The van der Waals surface area contributed by atoms with Gasteiger partial charge in [-0.05, 0) is 96.6 Å². The molecule has 1 nitrogen and oxygen atoms in total. The van der Waals surface area contributed by atoms with Gasteiger partial charge in [0, 0.05) is 16.6 Å². The second kappa shape index (κ2) is 13.9. The van der Waals surface area contributed by atoms with Crippen LogP contribution in [-0.4, -0.2) is 0 Å². The maximum Gasteiger partial charge on any atom is 0.0713 e. The topological polar surface area (TPSA) is 3.24 Å². The average Bonchev–Trinajstić information content (AvgIpc) is 3.61. The van der Waals surface area contributed by atoms with Crippen molar-refractivity contribution in [2.75, 3.05) is 4.90 Å². The fraction of sp³-hybridized carbons (Fsp3) is 0.0175. The van der Waals surface area contributed by atoms with Gasteiger partial charge in [0.25, 0.3) is 0 Å². The molecule has 0 aliphatic heterocycles. The van der Waals surface area contributed by atoms with E-state index in [0.29, 0.717) is 0 Å². The molecular weight excluding hydrogens is 699 g/mol.